The SMILES string of the molecule is C=C/C=C\C(=C/C=C)n1ccc(C)c(C(=O)O)c1=O.CC.CC. The molecule has 0 saturated heterocycles. The molecule has 0 amide bonds. The van der Waals surface area contributed by atoms with Crippen LogP contribution in [0.25, 0.3) is 5.70 Å². The van der Waals surface area contributed by atoms with Crippen molar-refractivity contribution in [2.45, 2.75) is 34.6 Å². The minimum absolute atomic E-state index is 0.232. The maximum atomic E-state index is 12.2. The summed E-state index contributed by atoms with van der Waals surface area (Å²) < 4.78 is 1.26. The number of aromatic carboxylic acids is 1. The Morgan fingerprint density at radius 1 is 1.17 bits per heavy atom. The molecular weight excluding hydrogens is 290 g/mol. The molecule has 0 fully saturated rings. The van der Waals surface area contributed by atoms with E-state index in [1.807, 2.05) is 27.7 Å². The lowest BCUT2D eigenvalue weighted by molar-refractivity contribution is 0.0694. The fourth-order valence-corrected chi connectivity index (χ4v) is 1.59. The number of aromatic nitrogens is 1. The highest BCUT2D eigenvalue weighted by molar-refractivity contribution is 5.89. The van der Waals surface area contributed by atoms with Gasteiger partial charge in [-0.2, -0.15) is 0 Å². The van der Waals surface area contributed by atoms with Gasteiger partial charge in [0.1, 0.15) is 5.56 Å². The molecule has 0 aliphatic rings. The molecule has 0 spiro atoms. The van der Waals surface area contributed by atoms with Crippen LogP contribution in [0.1, 0.15) is 43.6 Å². The van der Waals surface area contributed by atoms with Crippen molar-refractivity contribution in [3.8, 4) is 0 Å². The number of hydrogen-bond acceptors (Lipinski definition) is 2. The number of nitrogens with zero attached hydrogens (tertiary/aromatic N) is 1. The first-order valence-electron chi connectivity index (χ1n) is 7.60. The van der Waals surface area contributed by atoms with Gasteiger partial charge in [0, 0.05) is 11.9 Å². The minimum atomic E-state index is -1.23. The molecule has 1 aromatic heterocycles. The normalized spacial score (nSPS) is 10.0. The summed E-state index contributed by atoms with van der Waals surface area (Å²) >= 11 is 0. The van der Waals surface area contributed by atoms with Crippen LogP contribution in [0.4, 0.5) is 0 Å². The van der Waals surface area contributed by atoms with Crippen LogP contribution < -0.4 is 5.56 Å². The Morgan fingerprint density at radius 2 is 1.74 bits per heavy atom. The molecule has 4 heteroatoms. The molecule has 0 bridgehead atoms. The molecule has 1 aromatic rings. The van der Waals surface area contributed by atoms with Gasteiger partial charge in [0.15, 0.2) is 0 Å². The fourth-order valence-electron chi connectivity index (χ4n) is 1.59. The van der Waals surface area contributed by atoms with Gasteiger partial charge in [0.2, 0.25) is 0 Å². The van der Waals surface area contributed by atoms with Crippen molar-refractivity contribution in [1.29, 1.82) is 0 Å². The Balaban J connectivity index is 0. The average Bonchev–Trinajstić information content (AvgIpc) is 2.55. The van der Waals surface area contributed by atoms with E-state index in [4.69, 9.17) is 5.11 Å². The largest absolute Gasteiger partial charge is 0.477 e. The second-order valence-corrected chi connectivity index (χ2v) is 3.78. The Labute approximate surface area is 138 Å². The van der Waals surface area contributed by atoms with Crippen LogP contribution in [-0.2, 0) is 0 Å². The van der Waals surface area contributed by atoms with Crippen molar-refractivity contribution < 1.29 is 9.90 Å². The Kier molecular flexibility index (Phi) is 12.9. The maximum Gasteiger partial charge on any atom is 0.341 e. The van der Waals surface area contributed by atoms with E-state index in [-0.39, 0.29) is 5.56 Å². The third-order valence-corrected chi connectivity index (χ3v) is 2.48. The van der Waals surface area contributed by atoms with Crippen LogP contribution in [0.15, 0.2) is 60.6 Å². The molecule has 1 rings (SSSR count). The highest BCUT2D eigenvalue weighted by Crippen LogP contribution is 2.08. The van der Waals surface area contributed by atoms with Crippen LogP contribution in [0, 0.1) is 6.92 Å². The van der Waals surface area contributed by atoms with Gasteiger partial charge in [0.25, 0.3) is 5.56 Å². The molecule has 0 aliphatic heterocycles. The lowest BCUT2D eigenvalue weighted by Gasteiger charge is -2.09. The Hall–Kier alpha value is -2.62. The number of allylic oxidation sites excluding steroid dienone is 6. The molecule has 4 nitrogen and oxygen atoms in total. The Bertz CT molecular complexity index is 635. The monoisotopic (exact) mass is 317 g/mol. The molecule has 1 N–H and O–H groups in total. The molecule has 126 valence electrons. The van der Waals surface area contributed by atoms with Crippen molar-refractivity contribution in [2.24, 2.45) is 0 Å². The van der Waals surface area contributed by atoms with Crippen molar-refractivity contribution in [2.75, 3.05) is 0 Å². The predicted molar refractivity (Wildman–Crippen MR) is 98.9 cm³/mol. The molecule has 0 unspecified atom stereocenters. The zero-order valence-corrected chi connectivity index (χ0v) is 14.7. The first kappa shape index (κ1) is 22.7. The molecule has 0 radical (unpaired) electrons. The van der Waals surface area contributed by atoms with Crippen LogP contribution in [0.3, 0.4) is 0 Å². The van der Waals surface area contributed by atoms with Gasteiger partial charge in [-0.1, -0.05) is 59.1 Å². The second kappa shape index (κ2) is 13.1. The summed E-state index contributed by atoms with van der Waals surface area (Å²) in [6.45, 7) is 16.7. The zero-order valence-electron chi connectivity index (χ0n) is 14.7. The van der Waals surface area contributed by atoms with E-state index in [1.54, 1.807) is 37.3 Å². The third kappa shape index (κ3) is 6.78. The number of carbonyl (C=O) groups is 1. The molecule has 0 aliphatic carbocycles. The maximum absolute atomic E-state index is 12.2. The second-order valence-electron chi connectivity index (χ2n) is 3.78. The van der Waals surface area contributed by atoms with Crippen molar-refractivity contribution in [3.63, 3.8) is 0 Å². The third-order valence-electron chi connectivity index (χ3n) is 2.48. The van der Waals surface area contributed by atoms with E-state index in [0.717, 1.165) is 0 Å². The van der Waals surface area contributed by atoms with Gasteiger partial charge in [-0.15, -0.1) is 0 Å². The lowest BCUT2D eigenvalue weighted by atomic mass is 10.1. The molecule has 0 saturated carbocycles. The van der Waals surface area contributed by atoms with Gasteiger partial charge in [0.05, 0.1) is 0 Å². The van der Waals surface area contributed by atoms with Crippen LogP contribution in [0.2, 0.25) is 0 Å². The van der Waals surface area contributed by atoms with Crippen molar-refractivity contribution in [1.82, 2.24) is 4.57 Å². The van der Waals surface area contributed by atoms with E-state index in [9.17, 15) is 9.59 Å². The summed E-state index contributed by atoms with van der Waals surface area (Å²) in [7, 11) is 0. The molecular formula is C19H27NO3. The quantitative estimate of drug-likeness (QED) is 0.802. The number of aryl methyl sites for hydroxylation is 1. The van der Waals surface area contributed by atoms with Crippen LogP contribution in [0.5, 0.6) is 0 Å². The van der Waals surface area contributed by atoms with Gasteiger partial charge in [-0.05, 0) is 30.7 Å². The summed E-state index contributed by atoms with van der Waals surface area (Å²) in [5, 5.41) is 9.07. The molecule has 23 heavy (non-hydrogen) atoms. The van der Waals surface area contributed by atoms with E-state index < -0.39 is 11.5 Å². The van der Waals surface area contributed by atoms with E-state index in [1.165, 1.54) is 16.8 Å². The van der Waals surface area contributed by atoms with Crippen molar-refractivity contribution in [3.05, 3.63) is 77.3 Å². The standard InChI is InChI=1S/C15H15NO3.2C2H6/c1-4-6-8-12(7-5-2)16-10-9-11(3)13(14(16)17)15(18)19;2*1-2/h4-10H,1-2H2,3H3,(H,18,19);2*1-2H3/b8-6-,12-7+;;. The highest BCUT2D eigenvalue weighted by Gasteiger charge is 2.14. The predicted octanol–water partition coefficient (Wildman–Crippen LogP) is 4.68. The van der Waals surface area contributed by atoms with Gasteiger partial charge < -0.3 is 5.11 Å². The smallest absolute Gasteiger partial charge is 0.341 e. The highest BCUT2D eigenvalue weighted by atomic mass is 16.4. The summed E-state index contributed by atoms with van der Waals surface area (Å²) in [6.07, 6.45) is 9.54. The summed E-state index contributed by atoms with van der Waals surface area (Å²) in [6, 6.07) is 1.59. The van der Waals surface area contributed by atoms with E-state index >= 15 is 0 Å². The number of rotatable bonds is 5. The lowest BCUT2D eigenvalue weighted by Crippen LogP contribution is -2.26. The first-order valence-corrected chi connectivity index (χ1v) is 7.60. The molecule has 0 aromatic carbocycles. The number of pyridine rings is 1. The van der Waals surface area contributed by atoms with Gasteiger partial charge in [-0.3, -0.25) is 9.36 Å². The zero-order chi connectivity index (χ0) is 18.4. The summed E-state index contributed by atoms with van der Waals surface area (Å²) in [4.78, 5) is 23.3. The van der Waals surface area contributed by atoms with Crippen LogP contribution >= 0.6 is 0 Å². The van der Waals surface area contributed by atoms with Gasteiger partial charge in [-0.25, -0.2) is 4.79 Å². The first-order chi connectivity index (χ1) is 11.0. The van der Waals surface area contributed by atoms with Crippen molar-refractivity contribution >= 4 is 11.7 Å². The summed E-state index contributed by atoms with van der Waals surface area (Å²) in [5.74, 6) is -1.23. The fraction of sp³-hybridized carbons (Fsp3) is 0.263. The molecule has 1 heterocycles. The average molecular weight is 317 g/mol. The number of hydrogen-bond donors (Lipinski definition) is 1. The van der Waals surface area contributed by atoms with E-state index in [2.05, 4.69) is 13.2 Å². The topological polar surface area (TPSA) is 59.3 Å². The van der Waals surface area contributed by atoms with Crippen LogP contribution in [-0.4, -0.2) is 15.6 Å². The summed E-state index contributed by atoms with van der Waals surface area (Å²) in [5.41, 5.74) is 0.139. The number of carboxylic acid groups (broad SMARTS) is 1. The minimum Gasteiger partial charge on any atom is -0.477 e. The number of carboxylic acids is 1. The van der Waals surface area contributed by atoms with E-state index in [0.29, 0.717) is 11.3 Å². The molecule has 0 atom stereocenters. The van der Waals surface area contributed by atoms with Gasteiger partial charge >= 0.3 is 5.97 Å². The Morgan fingerprint density at radius 3 is 2.17 bits per heavy atom.